The number of amides is 1. The number of aryl methyl sites for hydroxylation is 3. The largest absolute Gasteiger partial charge is 0.480 e. The van der Waals surface area contributed by atoms with Crippen molar-refractivity contribution < 1.29 is 27.9 Å². The van der Waals surface area contributed by atoms with E-state index in [-0.39, 0.29) is 0 Å². The second-order valence-electron chi connectivity index (χ2n) is 9.12. The number of alkyl halides is 3. The normalized spacial score (nSPS) is 12.7. The van der Waals surface area contributed by atoms with Gasteiger partial charge < -0.3 is 10.4 Å². The number of rotatable bonds is 7. The molecule has 1 unspecified atom stereocenters. The van der Waals surface area contributed by atoms with Gasteiger partial charge in [-0.1, -0.05) is 47.9 Å². The van der Waals surface area contributed by atoms with Crippen molar-refractivity contribution in [2.45, 2.75) is 45.8 Å². The number of carboxylic acid groups (broad SMARTS) is 1. The summed E-state index contributed by atoms with van der Waals surface area (Å²) in [6.45, 7) is 5.03. The number of terminal acetylenes is 1. The Bertz CT molecular complexity index is 1300. The van der Waals surface area contributed by atoms with Crippen molar-refractivity contribution in [3.05, 3.63) is 82.4 Å². The molecule has 7 heteroatoms. The van der Waals surface area contributed by atoms with Crippen molar-refractivity contribution in [3.8, 4) is 12.3 Å². The van der Waals surface area contributed by atoms with Crippen LogP contribution in [0.25, 0.3) is 10.8 Å². The van der Waals surface area contributed by atoms with Crippen LogP contribution in [0.2, 0.25) is 0 Å². The van der Waals surface area contributed by atoms with Gasteiger partial charge in [-0.3, -0.25) is 4.79 Å². The molecular formula is C28H26F3NO3. The number of nitrogens with one attached hydrogen (secondary N) is 1. The quantitative estimate of drug-likeness (QED) is 0.420. The van der Waals surface area contributed by atoms with Crippen LogP contribution in [0, 0.1) is 24.7 Å². The van der Waals surface area contributed by atoms with Crippen LogP contribution < -0.4 is 5.32 Å². The lowest BCUT2D eigenvalue weighted by molar-refractivity contribution is -0.141. The highest BCUT2D eigenvalue weighted by molar-refractivity contribution is 6.03. The molecule has 3 rings (SSSR count). The number of hydrogen-bond acceptors (Lipinski definition) is 2. The summed E-state index contributed by atoms with van der Waals surface area (Å²) < 4.78 is 38.7. The number of aliphatic carboxylic acids is 1. The summed E-state index contributed by atoms with van der Waals surface area (Å²) in [5.41, 5.74) is 0.793. The lowest BCUT2D eigenvalue weighted by atomic mass is 9.85. The molecule has 0 aliphatic carbocycles. The number of carbonyl (C=O) groups excluding carboxylic acids is 1. The van der Waals surface area contributed by atoms with Crippen LogP contribution in [0.15, 0.2) is 54.6 Å². The average Bonchev–Trinajstić information content (AvgIpc) is 2.80. The van der Waals surface area contributed by atoms with Crippen molar-refractivity contribution in [2.24, 2.45) is 5.41 Å². The number of fused-ring (bicyclic) bond motifs is 1. The van der Waals surface area contributed by atoms with Gasteiger partial charge in [0.15, 0.2) is 0 Å². The first-order valence-corrected chi connectivity index (χ1v) is 11.0. The fraction of sp³-hybridized carbons (Fsp3) is 0.286. The van der Waals surface area contributed by atoms with Crippen molar-refractivity contribution in [2.75, 3.05) is 0 Å². The molecule has 3 aromatic carbocycles. The number of carboxylic acids is 1. The molecule has 0 bridgehead atoms. The van der Waals surface area contributed by atoms with E-state index in [1.54, 1.807) is 26.0 Å². The predicted octanol–water partition coefficient (Wildman–Crippen LogP) is 5.79. The van der Waals surface area contributed by atoms with Crippen LogP contribution in [-0.2, 0) is 23.8 Å². The van der Waals surface area contributed by atoms with Crippen LogP contribution in [0.4, 0.5) is 13.2 Å². The second kappa shape index (κ2) is 9.83. The predicted molar refractivity (Wildman–Crippen MR) is 129 cm³/mol. The number of carbonyl (C=O) groups is 2. The van der Waals surface area contributed by atoms with Crippen LogP contribution in [0.3, 0.4) is 0 Å². The van der Waals surface area contributed by atoms with Gasteiger partial charge in [-0.15, -0.1) is 6.42 Å². The molecule has 182 valence electrons. The smallest absolute Gasteiger partial charge is 0.416 e. The van der Waals surface area contributed by atoms with Crippen LogP contribution >= 0.6 is 0 Å². The van der Waals surface area contributed by atoms with E-state index in [1.807, 2.05) is 25.1 Å². The molecule has 0 aliphatic heterocycles. The van der Waals surface area contributed by atoms with E-state index in [0.717, 1.165) is 28.5 Å². The van der Waals surface area contributed by atoms with Crippen LogP contribution in [0.1, 0.15) is 46.5 Å². The molecule has 0 spiro atoms. The first kappa shape index (κ1) is 25.8. The molecule has 2 N–H and O–H groups in total. The van der Waals surface area contributed by atoms with E-state index >= 15 is 0 Å². The highest BCUT2D eigenvalue weighted by atomic mass is 19.4. The summed E-state index contributed by atoms with van der Waals surface area (Å²) in [6, 6.07) is 12.8. The SMILES string of the molecule is C#CC(C)(C)C(NC(=O)c1ccc2ccc(C)cc2c1CCc1ccc(C(F)(F)F)cc1)C(=O)O. The van der Waals surface area contributed by atoms with Gasteiger partial charge in [0.2, 0.25) is 0 Å². The number of halogens is 3. The first-order valence-electron chi connectivity index (χ1n) is 11.0. The molecule has 0 fully saturated rings. The third-order valence-electron chi connectivity index (χ3n) is 6.09. The highest BCUT2D eigenvalue weighted by Crippen LogP contribution is 2.30. The second-order valence-corrected chi connectivity index (χ2v) is 9.12. The zero-order chi connectivity index (χ0) is 26.0. The van der Waals surface area contributed by atoms with Gasteiger partial charge in [-0.2, -0.15) is 13.2 Å². The Labute approximate surface area is 202 Å². The molecule has 1 amide bonds. The Morgan fingerprint density at radius 3 is 2.23 bits per heavy atom. The van der Waals surface area contributed by atoms with E-state index in [1.165, 1.54) is 12.1 Å². The monoisotopic (exact) mass is 481 g/mol. The minimum Gasteiger partial charge on any atom is -0.480 e. The molecule has 0 radical (unpaired) electrons. The Kier molecular flexibility index (Phi) is 7.25. The molecule has 35 heavy (non-hydrogen) atoms. The van der Waals surface area contributed by atoms with Gasteiger partial charge in [0.25, 0.3) is 5.91 Å². The van der Waals surface area contributed by atoms with Crippen molar-refractivity contribution >= 4 is 22.6 Å². The summed E-state index contributed by atoms with van der Waals surface area (Å²) in [6.07, 6.45) is 1.84. The van der Waals surface area contributed by atoms with Gasteiger partial charge in [0.1, 0.15) is 6.04 Å². The van der Waals surface area contributed by atoms with Gasteiger partial charge in [-0.25, -0.2) is 4.79 Å². The molecule has 0 saturated heterocycles. The third kappa shape index (κ3) is 5.83. The molecule has 3 aromatic rings. The Morgan fingerprint density at radius 1 is 1.03 bits per heavy atom. The Balaban J connectivity index is 1.99. The van der Waals surface area contributed by atoms with E-state index in [4.69, 9.17) is 6.42 Å². The lowest BCUT2D eigenvalue weighted by Gasteiger charge is -2.27. The Morgan fingerprint density at radius 2 is 1.66 bits per heavy atom. The maximum atomic E-state index is 13.3. The summed E-state index contributed by atoms with van der Waals surface area (Å²) in [4.78, 5) is 25.1. The van der Waals surface area contributed by atoms with E-state index in [0.29, 0.717) is 29.5 Å². The fourth-order valence-corrected chi connectivity index (χ4v) is 3.95. The maximum absolute atomic E-state index is 13.3. The highest BCUT2D eigenvalue weighted by Gasteiger charge is 2.36. The third-order valence-corrected chi connectivity index (χ3v) is 6.09. The van der Waals surface area contributed by atoms with Gasteiger partial charge in [-0.05, 0) is 73.7 Å². The van der Waals surface area contributed by atoms with Crippen molar-refractivity contribution in [1.29, 1.82) is 0 Å². The molecular weight excluding hydrogens is 455 g/mol. The minimum atomic E-state index is -4.41. The van der Waals surface area contributed by atoms with Crippen molar-refractivity contribution in [3.63, 3.8) is 0 Å². The van der Waals surface area contributed by atoms with E-state index < -0.39 is 35.1 Å². The molecule has 0 heterocycles. The molecule has 1 atom stereocenters. The summed E-state index contributed by atoms with van der Waals surface area (Å²) in [7, 11) is 0. The van der Waals surface area contributed by atoms with E-state index in [9.17, 15) is 27.9 Å². The van der Waals surface area contributed by atoms with E-state index in [2.05, 4.69) is 11.2 Å². The maximum Gasteiger partial charge on any atom is 0.416 e. The topological polar surface area (TPSA) is 66.4 Å². The molecule has 4 nitrogen and oxygen atoms in total. The van der Waals surface area contributed by atoms with Gasteiger partial charge >= 0.3 is 12.1 Å². The summed E-state index contributed by atoms with van der Waals surface area (Å²) in [5, 5.41) is 13.9. The standard InChI is InChI=1S/C28H26F3NO3/c1-5-27(3,4)24(26(34)35)32-25(33)22-15-11-19-10-6-17(2)16-23(19)21(22)14-9-18-7-12-20(13-8-18)28(29,30)31/h1,6-8,10-13,15-16,24H,9,14H2,2-4H3,(H,32,33)(H,34,35). The number of benzene rings is 3. The van der Waals surface area contributed by atoms with Crippen molar-refractivity contribution in [1.82, 2.24) is 5.32 Å². The first-order chi connectivity index (χ1) is 16.3. The molecule has 0 aromatic heterocycles. The van der Waals surface area contributed by atoms with Crippen LogP contribution in [0.5, 0.6) is 0 Å². The lowest BCUT2D eigenvalue weighted by Crippen LogP contribution is -2.49. The minimum absolute atomic E-state index is 0.300. The number of hydrogen-bond donors (Lipinski definition) is 2. The van der Waals surface area contributed by atoms with Gasteiger partial charge in [0, 0.05) is 5.56 Å². The van der Waals surface area contributed by atoms with Gasteiger partial charge in [0.05, 0.1) is 11.0 Å². The summed E-state index contributed by atoms with van der Waals surface area (Å²) in [5.74, 6) is 0.594. The fourth-order valence-electron chi connectivity index (χ4n) is 3.95. The zero-order valence-electron chi connectivity index (χ0n) is 19.7. The zero-order valence-corrected chi connectivity index (χ0v) is 19.7. The average molecular weight is 482 g/mol. The Hall–Kier alpha value is -3.79. The summed E-state index contributed by atoms with van der Waals surface area (Å²) >= 11 is 0. The van der Waals surface area contributed by atoms with Crippen LogP contribution in [-0.4, -0.2) is 23.0 Å². The molecule has 0 saturated carbocycles. The molecule has 0 aliphatic rings.